The summed E-state index contributed by atoms with van der Waals surface area (Å²) < 4.78 is 33.0. The number of sulfonamides is 1. The van der Waals surface area contributed by atoms with E-state index < -0.39 is 10.0 Å². The highest BCUT2D eigenvalue weighted by atomic mass is 32.2. The summed E-state index contributed by atoms with van der Waals surface area (Å²) in [4.78, 5) is 0.140. The van der Waals surface area contributed by atoms with E-state index in [0.717, 1.165) is 11.3 Å². The highest BCUT2D eigenvalue weighted by molar-refractivity contribution is 7.89. The Balaban J connectivity index is 2.33. The van der Waals surface area contributed by atoms with Crippen molar-refractivity contribution in [2.45, 2.75) is 32.2 Å². The van der Waals surface area contributed by atoms with E-state index in [2.05, 4.69) is 10.3 Å². The van der Waals surface area contributed by atoms with E-state index in [1.165, 1.54) is 11.4 Å². The average molecular weight is 298 g/mol. The molecule has 20 heavy (non-hydrogen) atoms. The third kappa shape index (κ3) is 2.36. The third-order valence-electron chi connectivity index (χ3n) is 3.37. The molecule has 7 nitrogen and oxygen atoms in total. The minimum atomic E-state index is -3.62. The lowest BCUT2D eigenvalue weighted by Crippen LogP contribution is -2.27. The summed E-state index contributed by atoms with van der Waals surface area (Å²) in [5.41, 5.74) is 2.17. The molecule has 0 bridgehead atoms. The standard InChI is InChI=1S/C12H18N4O3S/c1-8-12(10(3)19-14-8)20(17,18)15(4)7-11-6-13-16(5)9(11)2/h6H,7H2,1-5H3. The minimum absolute atomic E-state index is 0.140. The first kappa shape index (κ1) is 14.7. The molecule has 0 aliphatic carbocycles. The van der Waals surface area contributed by atoms with E-state index in [1.54, 1.807) is 24.7 Å². The Morgan fingerprint density at radius 1 is 1.35 bits per heavy atom. The van der Waals surface area contributed by atoms with Crippen LogP contribution in [0.4, 0.5) is 0 Å². The fraction of sp³-hybridized carbons (Fsp3) is 0.500. The number of hydrogen-bond acceptors (Lipinski definition) is 5. The molecule has 0 aromatic carbocycles. The average Bonchev–Trinajstić information content (AvgIpc) is 2.86. The predicted molar refractivity (Wildman–Crippen MR) is 72.6 cm³/mol. The van der Waals surface area contributed by atoms with Gasteiger partial charge in [-0.2, -0.15) is 9.40 Å². The Labute approximate surface area is 118 Å². The molecule has 0 spiro atoms. The number of hydrogen-bond donors (Lipinski definition) is 0. The fourth-order valence-electron chi connectivity index (χ4n) is 2.02. The normalized spacial score (nSPS) is 12.3. The van der Waals surface area contributed by atoms with Crippen molar-refractivity contribution in [1.82, 2.24) is 19.2 Å². The molecule has 0 saturated heterocycles. The molecule has 8 heteroatoms. The van der Waals surface area contributed by atoms with Gasteiger partial charge in [0.05, 0.1) is 6.20 Å². The number of nitrogens with zero attached hydrogens (tertiary/aromatic N) is 4. The largest absolute Gasteiger partial charge is 0.360 e. The van der Waals surface area contributed by atoms with Gasteiger partial charge in [0.15, 0.2) is 5.76 Å². The van der Waals surface area contributed by atoms with Crippen molar-refractivity contribution >= 4 is 10.0 Å². The molecule has 0 N–H and O–H groups in total. The number of aromatic nitrogens is 3. The second-order valence-corrected chi connectivity index (χ2v) is 6.77. The van der Waals surface area contributed by atoms with Gasteiger partial charge in [-0.1, -0.05) is 5.16 Å². The first-order chi connectivity index (χ1) is 9.25. The van der Waals surface area contributed by atoms with Crippen LogP contribution in [0.1, 0.15) is 22.7 Å². The van der Waals surface area contributed by atoms with Crippen LogP contribution in [-0.2, 0) is 23.6 Å². The predicted octanol–water partition coefficient (Wildman–Crippen LogP) is 1.15. The van der Waals surface area contributed by atoms with E-state index in [4.69, 9.17) is 4.52 Å². The minimum Gasteiger partial charge on any atom is -0.360 e. The van der Waals surface area contributed by atoms with E-state index in [9.17, 15) is 8.42 Å². The molecule has 0 amide bonds. The molecular formula is C12H18N4O3S. The monoisotopic (exact) mass is 298 g/mol. The Morgan fingerprint density at radius 2 is 2.00 bits per heavy atom. The maximum atomic E-state index is 12.6. The Hall–Kier alpha value is -1.67. The lowest BCUT2D eigenvalue weighted by Gasteiger charge is -2.16. The maximum Gasteiger partial charge on any atom is 0.248 e. The van der Waals surface area contributed by atoms with Crippen LogP contribution in [0.5, 0.6) is 0 Å². The van der Waals surface area contributed by atoms with Crippen LogP contribution in [0.2, 0.25) is 0 Å². The molecule has 2 aromatic rings. The van der Waals surface area contributed by atoms with Gasteiger partial charge in [-0.05, 0) is 20.8 Å². The highest BCUT2D eigenvalue weighted by Gasteiger charge is 2.29. The lowest BCUT2D eigenvalue weighted by atomic mass is 10.3. The van der Waals surface area contributed by atoms with Gasteiger partial charge in [-0.3, -0.25) is 4.68 Å². The van der Waals surface area contributed by atoms with Gasteiger partial charge in [0.25, 0.3) is 0 Å². The second-order valence-electron chi connectivity index (χ2n) is 4.79. The lowest BCUT2D eigenvalue weighted by molar-refractivity contribution is 0.389. The van der Waals surface area contributed by atoms with Crippen LogP contribution >= 0.6 is 0 Å². The maximum absolute atomic E-state index is 12.6. The smallest absolute Gasteiger partial charge is 0.248 e. The third-order valence-corrected chi connectivity index (χ3v) is 5.41. The molecule has 0 atom stereocenters. The second kappa shape index (κ2) is 5.02. The van der Waals surface area contributed by atoms with Crippen LogP contribution in [0, 0.1) is 20.8 Å². The van der Waals surface area contributed by atoms with Crippen molar-refractivity contribution in [1.29, 1.82) is 0 Å². The first-order valence-electron chi connectivity index (χ1n) is 6.12. The molecule has 0 radical (unpaired) electrons. The van der Waals surface area contributed by atoms with Crippen LogP contribution in [0.3, 0.4) is 0 Å². The van der Waals surface area contributed by atoms with E-state index in [1.807, 2.05) is 14.0 Å². The van der Waals surface area contributed by atoms with E-state index in [0.29, 0.717) is 11.5 Å². The molecule has 0 aliphatic heterocycles. The zero-order chi connectivity index (χ0) is 15.1. The van der Waals surface area contributed by atoms with Gasteiger partial charge in [0.2, 0.25) is 10.0 Å². The first-order valence-corrected chi connectivity index (χ1v) is 7.56. The van der Waals surface area contributed by atoms with E-state index in [-0.39, 0.29) is 11.4 Å². The quantitative estimate of drug-likeness (QED) is 0.846. The topological polar surface area (TPSA) is 81.2 Å². The Morgan fingerprint density at radius 3 is 2.45 bits per heavy atom. The molecule has 0 aliphatic rings. The molecule has 0 fully saturated rings. The van der Waals surface area contributed by atoms with Crippen molar-refractivity contribution in [3.8, 4) is 0 Å². The zero-order valence-corrected chi connectivity index (χ0v) is 13.0. The van der Waals surface area contributed by atoms with E-state index >= 15 is 0 Å². The van der Waals surface area contributed by atoms with Gasteiger partial charge in [-0.25, -0.2) is 8.42 Å². The molecule has 2 heterocycles. The summed E-state index contributed by atoms with van der Waals surface area (Å²) in [7, 11) is -0.266. The summed E-state index contributed by atoms with van der Waals surface area (Å²) >= 11 is 0. The van der Waals surface area contributed by atoms with Gasteiger partial charge in [-0.15, -0.1) is 0 Å². The highest BCUT2D eigenvalue weighted by Crippen LogP contribution is 2.23. The summed E-state index contributed by atoms with van der Waals surface area (Å²) in [5, 5.41) is 7.81. The van der Waals surface area contributed by atoms with Gasteiger partial charge >= 0.3 is 0 Å². The fourth-order valence-corrected chi connectivity index (χ4v) is 3.45. The van der Waals surface area contributed by atoms with Crippen molar-refractivity contribution in [2.24, 2.45) is 7.05 Å². The van der Waals surface area contributed by atoms with Gasteiger partial charge in [0, 0.05) is 31.9 Å². The van der Waals surface area contributed by atoms with Crippen LogP contribution in [-0.4, -0.2) is 34.7 Å². The molecule has 0 unspecified atom stereocenters. The molecule has 0 saturated carbocycles. The number of rotatable bonds is 4. The number of aryl methyl sites for hydroxylation is 3. The van der Waals surface area contributed by atoms with Crippen LogP contribution < -0.4 is 0 Å². The van der Waals surface area contributed by atoms with Crippen molar-refractivity contribution in [2.75, 3.05) is 7.05 Å². The summed E-state index contributed by atoms with van der Waals surface area (Å²) in [6.07, 6.45) is 1.68. The SMILES string of the molecule is Cc1noc(C)c1S(=O)(=O)N(C)Cc1cnn(C)c1C. The van der Waals surface area contributed by atoms with Gasteiger partial charge < -0.3 is 4.52 Å². The summed E-state index contributed by atoms with van der Waals surface area (Å²) in [6.45, 7) is 5.37. The molecule has 2 aromatic heterocycles. The van der Waals surface area contributed by atoms with Crippen LogP contribution in [0.25, 0.3) is 0 Å². The zero-order valence-electron chi connectivity index (χ0n) is 12.2. The Kier molecular flexibility index (Phi) is 3.70. The summed E-state index contributed by atoms with van der Waals surface area (Å²) in [6, 6.07) is 0. The summed E-state index contributed by atoms with van der Waals surface area (Å²) in [5.74, 6) is 0.303. The Bertz CT molecular complexity index is 710. The van der Waals surface area contributed by atoms with Gasteiger partial charge in [0.1, 0.15) is 10.6 Å². The molecule has 110 valence electrons. The van der Waals surface area contributed by atoms with Crippen molar-refractivity contribution < 1.29 is 12.9 Å². The van der Waals surface area contributed by atoms with Crippen LogP contribution in [0.15, 0.2) is 15.6 Å². The van der Waals surface area contributed by atoms with Crippen molar-refractivity contribution in [3.05, 3.63) is 28.9 Å². The molecular weight excluding hydrogens is 280 g/mol. The molecule has 2 rings (SSSR count). The van der Waals surface area contributed by atoms with Crippen molar-refractivity contribution in [3.63, 3.8) is 0 Å².